The van der Waals surface area contributed by atoms with E-state index in [9.17, 15) is 18.0 Å². The van der Waals surface area contributed by atoms with Crippen LogP contribution in [0.25, 0.3) is 10.9 Å². The Kier molecular flexibility index (Phi) is 4.39. The number of aromatic nitrogens is 1. The quantitative estimate of drug-likeness (QED) is 0.741. The van der Waals surface area contributed by atoms with Crippen LogP contribution >= 0.6 is 0 Å². The molecule has 2 fully saturated rings. The number of fused-ring (bicyclic) bond motifs is 1. The number of halogens is 3. The number of alkyl halides is 3. The fourth-order valence-corrected chi connectivity index (χ4v) is 4.23. The third kappa shape index (κ3) is 3.35. The van der Waals surface area contributed by atoms with Gasteiger partial charge >= 0.3 is 6.18 Å². The molecule has 1 atom stereocenters. The lowest BCUT2D eigenvalue weighted by Gasteiger charge is -2.48. The van der Waals surface area contributed by atoms with Crippen LogP contribution in [-0.4, -0.2) is 53.3 Å². The Morgan fingerprint density at radius 3 is 2.64 bits per heavy atom. The normalized spacial score (nSPS) is 24.8. The molecule has 0 saturated carbocycles. The summed E-state index contributed by atoms with van der Waals surface area (Å²) in [5, 5.41) is -0.0766. The van der Waals surface area contributed by atoms with Crippen LogP contribution in [0, 0.1) is 0 Å². The fourth-order valence-electron chi connectivity index (χ4n) is 4.23. The van der Waals surface area contributed by atoms with Crippen LogP contribution in [0.4, 0.5) is 13.2 Å². The molecule has 0 radical (unpaired) electrons. The molecule has 0 N–H and O–H groups in total. The average Bonchev–Trinajstić information content (AvgIpc) is 3.04. The minimum absolute atomic E-state index is 0.0766. The van der Waals surface area contributed by atoms with Crippen LogP contribution < -0.4 is 0 Å². The molecule has 0 aliphatic carbocycles. The van der Waals surface area contributed by atoms with Crippen molar-refractivity contribution in [3.8, 4) is 0 Å². The molecular formula is C20H21F3N2O3. The van der Waals surface area contributed by atoms with Gasteiger partial charge in [0.15, 0.2) is 0 Å². The predicted molar refractivity (Wildman–Crippen MR) is 96.0 cm³/mol. The number of para-hydroxylation sites is 1. The molecule has 2 aliphatic rings. The summed E-state index contributed by atoms with van der Waals surface area (Å²) < 4.78 is 53.3. The van der Waals surface area contributed by atoms with Crippen molar-refractivity contribution in [2.75, 3.05) is 26.3 Å². The van der Waals surface area contributed by atoms with Gasteiger partial charge in [-0.2, -0.15) is 13.2 Å². The number of pyridine rings is 1. The molecule has 4 rings (SSSR count). The highest BCUT2D eigenvalue weighted by Gasteiger charge is 2.49. The molecule has 5 nitrogen and oxygen atoms in total. The minimum atomic E-state index is -4.68. The first-order chi connectivity index (χ1) is 13.1. The molecule has 8 heteroatoms. The molecule has 1 aromatic carbocycles. The van der Waals surface area contributed by atoms with Gasteiger partial charge in [-0.05, 0) is 19.9 Å². The first-order valence-corrected chi connectivity index (χ1v) is 9.12. The Hall–Kier alpha value is -2.19. The number of hydrogen-bond acceptors (Lipinski definition) is 4. The van der Waals surface area contributed by atoms with E-state index in [4.69, 9.17) is 9.47 Å². The van der Waals surface area contributed by atoms with Crippen molar-refractivity contribution in [3.63, 3.8) is 0 Å². The number of morpholine rings is 1. The summed E-state index contributed by atoms with van der Waals surface area (Å²) in [6, 6.07) is 5.97. The number of benzene rings is 1. The van der Waals surface area contributed by atoms with Crippen LogP contribution in [-0.2, 0) is 15.7 Å². The van der Waals surface area contributed by atoms with Crippen molar-refractivity contribution in [1.29, 1.82) is 0 Å². The lowest BCUT2D eigenvalue weighted by Crippen LogP contribution is -2.61. The molecular weight excluding hydrogens is 373 g/mol. The average molecular weight is 394 g/mol. The standard InChI is InChI=1S/C20H21F3N2O3/c1-18(2)10-25(11-19(28-18)7-8-27-12-19)17(26)14-9-24-15-6-4-3-5-13(15)16(14)20(21,22)23/h3-6,9H,7-8,10-12H2,1-2H3. The summed E-state index contributed by atoms with van der Waals surface area (Å²) in [7, 11) is 0. The van der Waals surface area contributed by atoms with Gasteiger partial charge in [-0.3, -0.25) is 9.78 Å². The summed E-state index contributed by atoms with van der Waals surface area (Å²) in [6.45, 7) is 4.87. The lowest BCUT2D eigenvalue weighted by atomic mass is 9.93. The number of ether oxygens (including phenoxy) is 2. The smallest absolute Gasteiger partial charge is 0.378 e. The maximum atomic E-state index is 13.9. The number of rotatable bonds is 1. The fraction of sp³-hybridized carbons (Fsp3) is 0.500. The molecule has 3 heterocycles. The van der Waals surface area contributed by atoms with E-state index in [0.29, 0.717) is 19.6 Å². The first-order valence-electron chi connectivity index (χ1n) is 9.12. The van der Waals surface area contributed by atoms with E-state index in [2.05, 4.69) is 4.98 Å². The van der Waals surface area contributed by atoms with Gasteiger partial charge in [0, 0.05) is 31.2 Å². The highest BCUT2D eigenvalue weighted by molar-refractivity contribution is 6.00. The van der Waals surface area contributed by atoms with Gasteiger partial charge in [-0.1, -0.05) is 18.2 Å². The summed E-state index contributed by atoms with van der Waals surface area (Å²) in [4.78, 5) is 18.8. The largest absolute Gasteiger partial charge is 0.417 e. The highest BCUT2D eigenvalue weighted by Crippen LogP contribution is 2.39. The number of carbonyl (C=O) groups excluding carboxylic acids is 1. The Balaban J connectivity index is 1.78. The molecule has 1 aromatic heterocycles. The SMILES string of the molecule is CC1(C)CN(C(=O)c2cnc3ccccc3c2C(F)(F)F)CC2(CCOC2)O1. The first kappa shape index (κ1) is 19.1. The van der Waals surface area contributed by atoms with Crippen molar-refractivity contribution in [2.45, 2.75) is 37.6 Å². The van der Waals surface area contributed by atoms with E-state index in [-0.39, 0.29) is 24.0 Å². The Morgan fingerprint density at radius 2 is 1.96 bits per heavy atom. The Morgan fingerprint density at radius 1 is 1.21 bits per heavy atom. The van der Waals surface area contributed by atoms with Gasteiger partial charge in [0.05, 0.1) is 35.4 Å². The summed E-state index contributed by atoms with van der Waals surface area (Å²) in [6.07, 6.45) is -3.04. The monoisotopic (exact) mass is 394 g/mol. The summed E-state index contributed by atoms with van der Waals surface area (Å²) in [5.41, 5.74) is -2.54. The minimum Gasteiger partial charge on any atom is -0.378 e. The summed E-state index contributed by atoms with van der Waals surface area (Å²) >= 11 is 0. The van der Waals surface area contributed by atoms with Crippen LogP contribution in [0.3, 0.4) is 0 Å². The zero-order chi connectivity index (χ0) is 20.2. The second-order valence-electron chi connectivity index (χ2n) is 8.07. The Labute approximate surface area is 160 Å². The third-order valence-corrected chi connectivity index (χ3v) is 5.19. The zero-order valence-corrected chi connectivity index (χ0v) is 15.7. The van der Waals surface area contributed by atoms with E-state index in [1.54, 1.807) is 6.07 Å². The number of nitrogens with zero attached hydrogens (tertiary/aromatic N) is 2. The second kappa shape index (κ2) is 6.42. The molecule has 150 valence electrons. The number of carbonyl (C=O) groups is 1. The third-order valence-electron chi connectivity index (χ3n) is 5.19. The lowest BCUT2D eigenvalue weighted by molar-refractivity contribution is -0.186. The van der Waals surface area contributed by atoms with Crippen LogP contribution in [0.2, 0.25) is 0 Å². The molecule has 1 unspecified atom stereocenters. The van der Waals surface area contributed by atoms with Crippen molar-refractivity contribution >= 4 is 16.8 Å². The van der Waals surface area contributed by atoms with E-state index in [1.165, 1.54) is 23.1 Å². The zero-order valence-electron chi connectivity index (χ0n) is 15.7. The van der Waals surface area contributed by atoms with Crippen molar-refractivity contribution in [2.24, 2.45) is 0 Å². The van der Waals surface area contributed by atoms with Crippen molar-refractivity contribution in [1.82, 2.24) is 9.88 Å². The maximum Gasteiger partial charge on any atom is 0.417 e. The summed E-state index contributed by atoms with van der Waals surface area (Å²) in [5.74, 6) is -0.687. The molecule has 2 aliphatic heterocycles. The van der Waals surface area contributed by atoms with Crippen molar-refractivity contribution in [3.05, 3.63) is 41.6 Å². The highest BCUT2D eigenvalue weighted by atomic mass is 19.4. The molecule has 1 amide bonds. The van der Waals surface area contributed by atoms with E-state index in [1.807, 2.05) is 13.8 Å². The molecule has 1 spiro atoms. The van der Waals surface area contributed by atoms with Gasteiger partial charge in [0.1, 0.15) is 5.60 Å². The van der Waals surface area contributed by atoms with E-state index in [0.717, 1.165) is 6.20 Å². The molecule has 2 aromatic rings. The van der Waals surface area contributed by atoms with Crippen molar-refractivity contribution < 1.29 is 27.4 Å². The van der Waals surface area contributed by atoms with Crippen LogP contribution in [0.1, 0.15) is 36.2 Å². The maximum absolute atomic E-state index is 13.9. The molecule has 2 saturated heterocycles. The number of amides is 1. The van der Waals surface area contributed by atoms with Gasteiger partial charge in [-0.15, -0.1) is 0 Å². The van der Waals surface area contributed by atoms with Gasteiger partial charge in [-0.25, -0.2) is 0 Å². The van der Waals surface area contributed by atoms with Crippen LogP contribution in [0.15, 0.2) is 30.5 Å². The van der Waals surface area contributed by atoms with Gasteiger partial charge < -0.3 is 14.4 Å². The van der Waals surface area contributed by atoms with Gasteiger partial charge in [0.25, 0.3) is 5.91 Å². The topological polar surface area (TPSA) is 51.7 Å². The molecule has 0 bridgehead atoms. The van der Waals surface area contributed by atoms with E-state index < -0.39 is 34.4 Å². The second-order valence-corrected chi connectivity index (χ2v) is 8.07. The molecule has 28 heavy (non-hydrogen) atoms. The Bertz CT molecular complexity index is 921. The van der Waals surface area contributed by atoms with Crippen LogP contribution in [0.5, 0.6) is 0 Å². The van der Waals surface area contributed by atoms with E-state index >= 15 is 0 Å². The predicted octanol–water partition coefficient (Wildman–Crippen LogP) is 3.66. The van der Waals surface area contributed by atoms with Gasteiger partial charge in [0.2, 0.25) is 0 Å². The number of hydrogen-bond donors (Lipinski definition) is 0.